The van der Waals surface area contributed by atoms with Crippen LogP contribution >= 0.6 is 11.3 Å². The van der Waals surface area contributed by atoms with Crippen molar-refractivity contribution in [2.24, 2.45) is 0 Å². The Morgan fingerprint density at radius 3 is 2.74 bits per heavy atom. The highest BCUT2D eigenvalue weighted by Gasteiger charge is 2.42. The van der Waals surface area contributed by atoms with E-state index in [1.165, 1.54) is 0 Å². The van der Waals surface area contributed by atoms with Crippen molar-refractivity contribution in [2.75, 3.05) is 20.2 Å². The summed E-state index contributed by atoms with van der Waals surface area (Å²) in [7, 11) is 1.64. The van der Waals surface area contributed by atoms with E-state index in [4.69, 9.17) is 9.26 Å². The molecule has 8 heteroatoms. The van der Waals surface area contributed by atoms with E-state index in [0.29, 0.717) is 43.3 Å². The van der Waals surface area contributed by atoms with Gasteiger partial charge in [-0.1, -0.05) is 11.2 Å². The summed E-state index contributed by atoms with van der Waals surface area (Å²) in [5.41, 5.74) is 0.750. The van der Waals surface area contributed by atoms with Crippen molar-refractivity contribution < 1.29 is 14.1 Å². The van der Waals surface area contributed by atoms with Crippen molar-refractivity contribution in [3.05, 3.63) is 52.2 Å². The summed E-state index contributed by atoms with van der Waals surface area (Å²) in [6, 6.07) is 7.43. The van der Waals surface area contributed by atoms with Gasteiger partial charge in [-0.3, -0.25) is 9.78 Å². The number of aryl methyl sites for hydroxylation is 1. The van der Waals surface area contributed by atoms with Crippen LogP contribution in [0.2, 0.25) is 0 Å². The number of piperidine rings is 1. The van der Waals surface area contributed by atoms with Crippen LogP contribution in [-0.4, -0.2) is 46.1 Å². The maximum absolute atomic E-state index is 12.7. The van der Waals surface area contributed by atoms with Crippen molar-refractivity contribution in [3.8, 4) is 11.5 Å². The molecular weight excluding hydrogens is 364 g/mol. The second-order valence-corrected chi connectivity index (χ2v) is 7.64. The number of thiophene rings is 1. The molecular formula is C19H20N4O3S. The second kappa shape index (κ2) is 7.21. The zero-order chi connectivity index (χ0) is 18.9. The van der Waals surface area contributed by atoms with Crippen LogP contribution < -0.4 is 0 Å². The van der Waals surface area contributed by atoms with Crippen LogP contribution in [0.15, 0.2) is 40.4 Å². The lowest BCUT2D eigenvalue weighted by molar-refractivity contribution is -0.0779. The van der Waals surface area contributed by atoms with E-state index in [9.17, 15) is 4.79 Å². The second-order valence-electron chi connectivity index (χ2n) is 6.52. The number of nitrogens with zero attached hydrogens (tertiary/aromatic N) is 4. The van der Waals surface area contributed by atoms with Gasteiger partial charge in [0, 0.05) is 44.1 Å². The Kier molecular flexibility index (Phi) is 4.75. The van der Waals surface area contributed by atoms with Gasteiger partial charge in [-0.15, -0.1) is 11.3 Å². The fourth-order valence-corrected chi connectivity index (χ4v) is 4.05. The first-order valence-corrected chi connectivity index (χ1v) is 9.65. The van der Waals surface area contributed by atoms with E-state index in [1.807, 2.05) is 41.5 Å². The minimum Gasteiger partial charge on any atom is -0.368 e. The maximum Gasteiger partial charge on any atom is 0.259 e. The molecule has 1 amide bonds. The van der Waals surface area contributed by atoms with Gasteiger partial charge in [0.2, 0.25) is 5.82 Å². The summed E-state index contributed by atoms with van der Waals surface area (Å²) in [5.74, 6) is 0.942. The molecule has 1 saturated heterocycles. The third kappa shape index (κ3) is 3.26. The number of methoxy groups -OCH3 is 1. The molecule has 4 heterocycles. The van der Waals surface area contributed by atoms with Crippen molar-refractivity contribution in [2.45, 2.75) is 25.4 Å². The van der Waals surface area contributed by atoms with E-state index in [2.05, 4.69) is 15.1 Å². The molecule has 0 saturated carbocycles. The smallest absolute Gasteiger partial charge is 0.259 e. The zero-order valence-corrected chi connectivity index (χ0v) is 16.0. The zero-order valence-electron chi connectivity index (χ0n) is 15.2. The van der Waals surface area contributed by atoms with E-state index in [-0.39, 0.29) is 5.91 Å². The highest BCUT2D eigenvalue weighted by molar-refractivity contribution is 7.10. The molecule has 0 aliphatic carbocycles. The number of carbonyl (C=O) groups is 1. The van der Waals surface area contributed by atoms with Crippen molar-refractivity contribution >= 4 is 17.2 Å². The quantitative estimate of drug-likeness (QED) is 0.687. The Hall–Kier alpha value is -2.58. The fraction of sp³-hybridized carbons (Fsp3) is 0.368. The van der Waals surface area contributed by atoms with Crippen LogP contribution in [0, 0.1) is 6.92 Å². The number of hydrogen-bond acceptors (Lipinski definition) is 7. The molecule has 0 spiro atoms. The van der Waals surface area contributed by atoms with E-state index in [0.717, 1.165) is 10.4 Å². The Morgan fingerprint density at radius 2 is 2.11 bits per heavy atom. The van der Waals surface area contributed by atoms with Crippen LogP contribution in [0.4, 0.5) is 0 Å². The van der Waals surface area contributed by atoms with Crippen molar-refractivity contribution in [3.63, 3.8) is 0 Å². The van der Waals surface area contributed by atoms with Crippen LogP contribution in [0.5, 0.6) is 0 Å². The standard InChI is InChI=1S/C19H20N4O3S/c1-13-14(6-12-27-13)17(24)23-10-7-19(25-2,8-11-23)18-21-16(22-26-18)15-5-3-4-9-20-15/h3-6,9,12H,7-8,10-11H2,1-2H3. The molecule has 0 aromatic carbocycles. The van der Waals surface area contributed by atoms with Gasteiger partial charge in [0.1, 0.15) is 11.3 Å². The molecule has 7 nitrogen and oxygen atoms in total. The number of amides is 1. The van der Waals surface area contributed by atoms with Crippen molar-refractivity contribution in [1.29, 1.82) is 0 Å². The van der Waals surface area contributed by atoms with Gasteiger partial charge < -0.3 is 14.2 Å². The number of hydrogen-bond donors (Lipinski definition) is 0. The largest absolute Gasteiger partial charge is 0.368 e. The lowest BCUT2D eigenvalue weighted by Crippen LogP contribution is -2.46. The Balaban J connectivity index is 1.51. The molecule has 0 unspecified atom stereocenters. The third-order valence-corrected chi connectivity index (χ3v) is 5.89. The number of ether oxygens (including phenoxy) is 1. The van der Waals surface area contributed by atoms with Crippen molar-refractivity contribution in [1.82, 2.24) is 20.0 Å². The first kappa shape index (κ1) is 17.8. The lowest BCUT2D eigenvalue weighted by Gasteiger charge is -2.38. The van der Waals surface area contributed by atoms with Gasteiger partial charge in [-0.05, 0) is 30.5 Å². The van der Waals surface area contributed by atoms with Gasteiger partial charge in [0.05, 0.1) is 5.56 Å². The van der Waals surface area contributed by atoms with E-state index in [1.54, 1.807) is 24.6 Å². The van der Waals surface area contributed by atoms with Gasteiger partial charge >= 0.3 is 0 Å². The summed E-state index contributed by atoms with van der Waals surface area (Å²) >= 11 is 1.59. The highest BCUT2D eigenvalue weighted by atomic mass is 32.1. The SMILES string of the molecule is COC1(c2nc(-c3ccccn3)no2)CCN(C(=O)c2ccsc2C)CC1. The van der Waals surface area contributed by atoms with Gasteiger partial charge in [0.25, 0.3) is 11.8 Å². The molecule has 4 rings (SSSR count). The molecule has 0 bridgehead atoms. The predicted molar refractivity (Wildman–Crippen MR) is 100 cm³/mol. The van der Waals surface area contributed by atoms with Gasteiger partial charge in [0.15, 0.2) is 0 Å². The Morgan fingerprint density at radius 1 is 1.30 bits per heavy atom. The topological polar surface area (TPSA) is 81.3 Å². The van der Waals surface area contributed by atoms with Crippen LogP contribution in [0.1, 0.15) is 34.0 Å². The van der Waals surface area contributed by atoms with E-state index >= 15 is 0 Å². The molecule has 0 atom stereocenters. The summed E-state index contributed by atoms with van der Waals surface area (Å²) in [4.78, 5) is 24.4. The van der Waals surface area contributed by atoms with Crippen LogP contribution in [0.3, 0.4) is 0 Å². The molecule has 140 valence electrons. The fourth-order valence-electron chi connectivity index (χ4n) is 3.36. The maximum atomic E-state index is 12.7. The number of carbonyl (C=O) groups excluding carboxylic acids is 1. The molecule has 1 fully saturated rings. The van der Waals surface area contributed by atoms with Crippen LogP contribution in [-0.2, 0) is 10.3 Å². The molecule has 0 radical (unpaired) electrons. The molecule has 3 aromatic heterocycles. The molecule has 3 aromatic rings. The normalized spacial score (nSPS) is 16.4. The first-order chi connectivity index (χ1) is 13.1. The summed E-state index contributed by atoms with van der Waals surface area (Å²) < 4.78 is 11.3. The predicted octanol–water partition coefficient (Wildman–Crippen LogP) is 3.28. The molecule has 0 N–H and O–H groups in total. The number of pyridine rings is 1. The molecule has 1 aliphatic heterocycles. The Bertz CT molecular complexity index is 929. The highest BCUT2D eigenvalue weighted by Crippen LogP contribution is 2.36. The van der Waals surface area contributed by atoms with Crippen LogP contribution in [0.25, 0.3) is 11.5 Å². The first-order valence-electron chi connectivity index (χ1n) is 8.77. The molecule has 1 aliphatic rings. The molecule has 27 heavy (non-hydrogen) atoms. The lowest BCUT2D eigenvalue weighted by atomic mass is 9.90. The number of likely N-dealkylation sites (tertiary alicyclic amines) is 1. The van der Waals surface area contributed by atoms with Gasteiger partial charge in [-0.2, -0.15) is 4.98 Å². The summed E-state index contributed by atoms with van der Waals surface area (Å²) in [6.45, 7) is 3.12. The minimum absolute atomic E-state index is 0.0677. The minimum atomic E-state index is -0.680. The van der Waals surface area contributed by atoms with Gasteiger partial charge in [-0.25, -0.2) is 0 Å². The Labute approximate surface area is 161 Å². The van der Waals surface area contributed by atoms with E-state index < -0.39 is 5.60 Å². The average Bonchev–Trinajstić information content (AvgIpc) is 3.38. The average molecular weight is 384 g/mol. The summed E-state index contributed by atoms with van der Waals surface area (Å²) in [5, 5.41) is 6.00. The summed E-state index contributed by atoms with van der Waals surface area (Å²) in [6.07, 6.45) is 2.89. The number of aromatic nitrogens is 3. The third-order valence-electron chi connectivity index (χ3n) is 5.05. The number of rotatable bonds is 4. The monoisotopic (exact) mass is 384 g/mol.